The maximum Gasteiger partial charge on any atom is 0.197 e. The van der Waals surface area contributed by atoms with E-state index in [1.54, 1.807) is 0 Å². The normalized spacial score (nSPS) is 15.5. The van der Waals surface area contributed by atoms with Gasteiger partial charge in [-0.25, -0.2) is 0 Å². The molecule has 1 aromatic heterocycles. The number of halogens is 1. The highest BCUT2D eigenvalue weighted by Gasteiger charge is 2.31. The Morgan fingerprint density at radius 2 is 1.62 bits per heavy atom. The van der Waals surface area contributed by atoms with Crippen molar-refractivity contribution < 1.29 is 4.42 Å². The number of para-hydroxylation sites is 1. The molecular weight excluding hydrogens is 344 g/mol. The molecule has 0 N–H and O–H groups in total. The van der Waals surface area contributed by atoms with Crippen molar-refractivity contribution in [2.24, 2.45) is 0 Å². The Morgan fingerprint density at radius 1 is 0.885 bits per heavy atom. The molecule has 0 aliphatic heterocycles. The Morgan fingerprint density at radius 3 is 2.46 bits per heavy atom. The molecule has 0 saturated carbocycles. The van der Waals surface area contributed by atoms with Crippen LogP contribution in [0.2, 0.25) is 5.02 Å². The van der Waals surface area contributed by atoms with Crippen molar-refractivity contribution in [2.45, 2.75) is 12.3 Å². The summed E-state index contributed by atoms with van der Waals surface area (Å²) in [6, 6.07) is 23.4. The SMILES string of the molecule is O=c1c2c(oc3ccccc13)-c1ccccc1CC2c1ccc(Cl)cc1. The monoisotopic (exact) mass is 358 g/mol. The van der Waals surface area contributed by atoms with Crippen LogP contribution in [-0.2, 0) is 6.42 Å². The number of hydrogen-bond donors (Lipinski definition) is 0. The molecule has 0 saturated heterocycles. The van der Waals surface area contributed by atoms with Gasteiger partial charge in [0.15, 0.2) is 5.43 Å². The van der Waals surface area contributed by atoms with Crippen molar-refractivity contribution in [2.75, 3.05) is 0 Å². The van der Waals surface area contributed by atoms with Gasteiger partial charge in [-0.1, -0.05) is 60.1 Å². The molecule has 3 aromatic carbocycles. The van der Waals surface area contributed by atoms with Crippen molar-refractivity contribution in [3.63, 3.8) is 0 Å². The number of fused-ring (bicyclic) bond motifs is 4. The fraction of sp³-hybridized carbons (Fsp3) is 0.0870. The van der Waals surface area contributed by atoms with Crippen molar-refractivity contribution in [1.29, 1.82) is 0 Å². The predicted molar refractivity (Wildman–Crippen MR) is 105 cm³/mol. The Bertz CT molecular complexity index is 1190. The van der Waals surface area contributed by atoms with E-state index in [4.69, 9.17) is 16.0 Å². The minimum atomic E-state index is -0.0435. The van der Waals surface area contributed by atoms with Gasteiger partial charge < -0.3 is 4.42 Å². The molecule has 3 heteroatoms. The molecule has 1 unspecified atom stereocenters. The number of rotatable bonds is 1. The van der Waals surface area contributed by atoms with Gasteiger partial charge in [0, 0.05) is 16.5 Å². The van der Waals surface area contributed by atoms with Gasteiger partial charge in [0.05, 0.1) is 10.9 Å². The second-order valence-electron chi connectivity index (χ2n) is 6.64. The summed E-state index contributed by atoms with van der Waals surface area (Å²) in [4.78, 5) is 13.3. The van der Waals surface area contributed by atoms with Gasteiger partial charge in [0.1, 0.15) is 11.3 Å². The van der Waals surface area contributed by atoms with E-state index in [1.165, 1.54) is 5.56 Å². The molecule has 1 heterocycles. The lowest BCUT2D eigenvalue weighted by molar-refractivity contribution is 0.591. The lowest BCUT2D eigenvalue weighted by Gasteiger charge is -2.26. The van der Waals surface area contributed by atoms with E-state index in [9.17, 15) is 4.79 Å². The van der Waals surface area contributed by atoms with Gasteiger partial charge in [-0.3, -0.25) is 4.79 Å². The zero-order chi connectivity index (χ0) is 17.7. The lowest BCUT2D eigenvalue weighted by Crippen LogP contribution is -2.22. The van der Waals surface area contributed by atoms with Crippen LogP contribution in [0.25, 0.3) is 22.3 Å². The Hall–Kier alpha value is -2.84. The van der Waals surface area contributed by atoms with Gasteiger partial charge in [0.2, 0.25) is 0 Å². The van der Waals surface area contributed by atoms with Crippen LogP contribution in [0.15, 0.2) is 82.0 Å². The third-order valence-electron chi connectivity index (χ3n) is 5.14. The third-order valence-corrected chi connectivity index (χ3v) is 5.39. The molecular formula is C23H15ClO2. The molecule has 26 heavy (non-hydrogen) atoms. The molecule has 0 fully saturated rings. The minimum Gasteiger partial charge on any atom is -0.455 e. The van der Waals surface area contributed by atoms with Crippen LogP contribution in [-0.4, -0.2) is 0 Å². The highest BCUT2D eigenvalue weighted by Crippen LogP contribution is 2.42. The molecule has 1 atom stereocenters. The molecule has 2 nitrogen and oxygen atoms in total. The van der Waals surface area contributed by atoms with Gasteiger partial charge in [-0.05, 0) is 41.8 Å². The maximum absolute atomic E-state index is 13.3. The summed E-state index contributed by atoms with van der Waals surface area (Å²) >= 11 is 6.06. The molecule has 0 radical (unpaired) electrons. The van der Waals surface area contributed by atoms with Crippen LogP contribution >= 0.6 is 11.6 Å². The Balaban J connectivity index is 1.86. The van der Waals surface area contributed by atoms with Crippen molar-refractivity contribution in [1.82, 2.24) is 0 Å². The highest BCUT2D eigenvalue weighted by atomic mass is 35.5. The molecule has 1 aliphatic carbocycles. The molecule has 4 aromatic rings. The number of hydrogen-bond acceptors (Lipinski definition) is 2. The summed E-state index contributed by atoms with van der Waals surface area (Å²) in [5.74, 6) is 0.647. The van der Waals surface area contributed by atoms with Gasteiger partial charge in [-0.15, -0.1) is 0 Å². The first-order chi connectivity index (χ1) is 12.7. The second kappa shape index (κ2) is 5.86. The average molecular weight is 359 g/mol. The van der Waals surface area contributed by atoms with Gasteiger partial charge in [-0.2, -0.15) is 0 Å². The van der Waals surface area contributed by atoms with Gasteiger partial charge >= 0.3 is 0 Å². The Kier molecular flexibility index (Phi) is 3.47. The lowest BCUT2D eigenvalue weighted by atomic mass is 9.78. The number of benzene rings is 3. The first kappa shape index (κ1) is 15.4. The van der Waals surface area contributed by atoms with Crippen LogP contribution in [0, 0.1) is 0 Å². The van der Waals surface area contributed by atoms with Gasteiger partial charge in [0.25, 0.3) is 0 Å². The van der Waals surface area contributed by atoms with E-state index in [2.05, 4.69) is 6.07 Å². The summed E-state index contributed by atoms with van der Waals surface area (Å²) in [7, 11) is 0. The van der Waals surface area contributed by atoms with E-state index in [0.29, 0.717) is 21.8 Å². The van der Waals surface area contributed by atoms with E-state index in [0.717, 1.165) is 23.1 Å². The van der Waals surface area contributed by atoms with Crippen molar-refractivity contribution in [3.8, 4) is 11.3 Å². The van der Waals surface area contributed by atoms with Crippen LogP contribution in [0.3, 0.4) is 0 Å². The van der Waals surface area contributed by atoms with E-state index < -0.39 is 0 Å². The van der Waals surface area contributed by atoms with Crippen LogP contribution in [0.5, 0.6) is 0 Å². The summed E-state index contributed by atoms with van der Waals surface area (Å²) in [6.07, 6.45) is 0.772. The van der Waals surface area contributed by atoms with Crippen LogP contribution in [0.1, 0.15) is 22.6 Å². The third kappa shape index (κ3) is 2.30. The quantitative estimate of drug-likeness (QED) is 0.430. The zero-order valence-electron chi connectivity index (χ0n) is 13.9. The predicted octanol–water partition coefficient (Wildman–Crippen LogP) is 5.80. The first-order valence-corrected chi connectivity index (χ1v) is 8.99. The molecule has 0 amide bonds. The zero-order valence-corrected chi connectivity index (χ0v) is 14.7. The molecule has 0 spiro atoms. The largest absolute Gasteiger partial charge is 0.455 e. The standard InChI is InChI=1S/C23H15ClO2/c24-16-11-9-14(10-12-16)19-13-15-5-1-2-6-17(15)23-21(19)22(25)18-7-3-4-8-20(18)26-23/h1-12,19H,13H2. The van der Waals surface area contributed by atoms with Crippen LogP contribution in [0.4, 0.5) is 0 Å². The molecule has 5 rings (SSSR count). The Labute approximate surface area is 155 Å². The highest BCUT2D eigenvalue weighted by molar-refractivity contribution is 6.30. The molecule has 126 valence electrons. The van der Waals surface area contributed by atoms with E-state index in [1.807, 2.05) is 66.7 Å². The summed E-state index contributed by atoms with van der Waals surface area (Å²) in [6.45, 7) is 0. The second-order valence-corrected chi connectivity index (χ2v) is 7.07. The van der Waals surface area contributed by atoms with E-state index >= 15 is 0 Å². The summed E-state index contributed by atoms with van der Waals surface area (Å²) in [5.41, 5.74) is 4.70. The van der Waals surface area contributed by atoms with Crippen LogP contribution < -0.4 is 5.43 Å². The molecule has 0 bridgehead atoms. The topological polar surface area (TPSA) is 30.2 Å². The molecule has 1 aliphatic rings. The fourth-order valence-electron chi connectivity index (χ4n) is 3.89. The average Bonchev–Trinajstić information content (AvgIpc) is 2.68. The maximum atomic E-state index is 13.3. The summed E-state index contributed by atoms with van der Waals surface area (Å²) < 4.78 is 6.24. The minimum absolute atomic E-state index is 0.0435. The summed E-state index contributed by atoms with van der Waals surface area (Å²) in [5, 5.41) is 1.32. The first-order valence-electron chi connectivity index (χ1n) is 8.62. The fourth-order valence-corrected chi connectivity index (χ4v) is 4.02. The van der Waals surface area contributed by atoms with Crippen molar-refractivity contribution in [3.05, 3.63) is 105 Å². The smallest absolute Gasteiger partial charge is 0.197 e. The van der Waals surface area contributed by atoms with Crippen molar-refractivity contribution >= 4 is 22.6 Å². The van der Waals surface area contributed by atoms with E-state index in [-0.39, 0.29) is 11.3 Å².